The van der Waals surface area contributed by atoms with Gasteiger partial charge in [-0.15, -0.1) is 0 Å². The molecule has 1 aliphatic heterocycles. The van der Waals surface area contributed by atoms with E-state index >= 15 is 0 Å². The fourth-order valence-electron chi connectivity index (χ4n) is 2.11. The summed E-state index contributed by atoms with van der Waals surface area (Å²) in [5.41, 5.74) is 0.785. The first-order chi connectivity index (χ1) is 9.22. The predicted molar refractivity (Wildman–Crippen MR) is 69.9 cm³/mol. The SMILES string of the molecule is Fc1ccc2c(c1)C(Nc1cncc(Cl)n1)CCO2. The molecule has 0 saturated heterocycles. The van der Waals surface area contributed by atoms with Gasteiger partial charge in [-0.3, -0.25) is 4.98 Å². The van der Waals surface area contributed by atoms with E-state index in [0.717, 1.165) is 12.0 Å². The van der Waals surface area contributed by atoms with Crippen LogP contribution in [-0.4, -0.2) is 16.6 Å². The van der Waals surface area contributed by atoms with Gasteiger partial charge < -0.3 is 10.1 Å². The van der Waals surface area contributed by atoms with Gasteiger partial charge in [0.2, 0.25) is 0 Å². The Hall–Kier alpha value is -1.88. The molecule has 0 amide bonds. The van der Waals surface area contributed by atoms with Crippen LogP contribution in [-0.2, 0) is 0 Å². The Morgan fingerprint density at radius 1 is 1.37 bits per heavy atom. The van der Waals surface area contributed by atoms with E-state index in [9.17, 15) is 4.39 Å². The van der Waals surface area contributed by atoms with E-state index in [4.69, 9.17) is 16.3 Å². The largest absolute Gasteiger partial charge is 0.493 e. The van der Waals surface area contributed by atoms with Gasteiger partial charge in [-0.2, -0.15) is 0 Å². The van der Waals surface area contributed by atoms with Crippen LogP contribution in [0.5, 0.6) is 5.75 Å². The predicted octanol–water partition coefficient (Wildman–Crippen LogP) is 3.20. The lowest BCUT2D eigenvalue weighted by atomic mass is 10.0. The third-order valence-corrected chi connectivity index (χ3v) is 3.12. The van der Waals surface area contributed by atoms with E-state index in [-0.39, 0.29) is 11.9 Å². The molecule has 1 unspecified atom stereocenters. The molecule has 0 bridgehead atoms. The molecule has 4 nitrogen and oxygen atoms in total. The van der Waals surface area contributed by atoms with Gasteiger partial charge >= 0.3 is 0 Å². The molecule has 98 valence electrons. The summed E-state index contributed by atoms with van der Waals surface area (Å²) in [6.07, 6.45) is 3.77. The van der Waals surface area contributed by atoms with E-state index in [2.05, 4.69) is 15.3 Å². The number of halogens is 2. The van der Waals surface area contributed by atoms with Gasteiger partial charge in [0, 0.05) is 12.0 Å². The first-order valence-corrected chi connectivity index (χ1v) is 6.26. The maximum Gasteiger partial charge on any atom is 0.149 e. The normalized spacial score (nSPS) is 17.5. The Labute approximate surface area is 114 Å². The van der Waals surface area contributed by atoms with Gasteiger partial charge in [-0.05, 0) is 18.2 Å². The van der Waals surface area contributed by atoms with Crippen molar-refractivity contribution in [2.45, 2.75) is 12.5 Å². The Balaban J connectivity index is 1.89. The summed E-state index contributed by atoms with van der Waals surface area (Å²) in [5.74, 6) is 0.975. The van der Waals surface area contributed by atoms with Crippen molar-refractivity contribution >= 4 is 17.4 Å². The monoisotopic (exact) mass is 279 g/mol. The molecular formula is C13H11ClFN3O. The summed E-state index contributed by atoms with van der Waals surface area (Å²) >= 11 is 5.79. The van der Waals surface area contributed by atoms with Crippen molar-refractivity contribution < 1.29 is 9.13 Å². The topological polar surface area (TPSA) is 47.0 Å². The fourth-order valence-corrected chi connectivity index (χ4v) is 2.25. The first-order valence-electron chi connectivity index (χ1n) is 5.89. The highest BCUT2D eigenvalue weighted by molar-refractivity contribution is 6.29. The number of nitrogens with zero attached hydrogens (tertiary/aromatic N) is 2. The second-order valence-electron chi connectivity index (χ2n) is 4.24. The Morgan fingerprint density at radius 3 is 3.11 bits per heavy atom. The molecule has 1 aliphatic rings. The third kappa shape index (κ3) is 2.61. The Kier molecular flexibility index (Phi) is 3.21. The van der Waals surface area contributed by atoms with E-state index in [1.54, 1.807) is 12.3 Å². The molecule has 3 rings (SSSR count). The average molecular weight is 280 g/mol. The van der Waals surface area contributed by atoms with Crippen LogP contribution in [0, 0.1) is 5.82 Å². The number of benzene rings is 1. The van der Waals surface area contributed by atoms with Gasteiger partial charge in [-0.1, -0.05) is 11.6 Å². The van der Waals surface area contributed by atoms with Gasteiger partial charge in [0.1, 0.15) is 22.5 Å². The molecule has 1 N–H and O–H groups in total. The Bertz CT molecular complexity index is 608. The van der Waals surface area contributed by atoms with E-state index in [1.807, 2.05) is 0 Å². The molecule has 2 heterocycles. The molecule has 0 radical (unpaired) electrons. The summed E-state index contributed by atoms with van der Waals surface area (Å²) in [5, 5.41) is 3.52. The van der Waals surface area contributed by atoms with Crippen molar-refractivity contribution in [2.24, 2.45) is 0 Å². The smallest absolute Gasteiger partial charge is 0.149 e. The van der Waals surface area contributed by atoms with Gasteiger partial charge in [0.05, 0.1) is 25.0 Å². The number of nitrogens with one attached hydrogen (secondary N) is 1. The van der Waals surface area contributed by atoms with Crippen LogP contribution >= 0.6 is 11.6 Å². The Morgan fingerprint density at radius 2 is 2.26 bits per heavy atom. The number of ether oxygens (including phenoxy) is 1. The molecule has 2 aromatic rings. The molecule has 0 fully saturated rings. The van der Waals surface area contributed by atoms with Crippen molar-refractivity contribution in [1.82, 2.24) is 9.97 Å². The molecule has 0 saturated carbocycles. The second-order valence-corrected chi connectivity index (χ2v) is 4.63. The first kappa shape index (κ1) is 12.2. The molecule has 6 heteroatoms. The van der Waals surface area contributed by atoms with E-state index in [0.29, 0.717) is 23.3 Å². The lowest BCUT2D eigenvalue weighted by Crippen LogP contribution is -2.21. The third-order valence-electron chi connectivity index (χ3n) is 2.94. The summed E-state index contributed by atoms with van der Waals surface area (Å²) in [6, 6.07) is 4.44. The van der Waals surface area contributed by atoms with Crippen molar-refractivity contribution in [1.29, 1.82) is 0 Å². The lowest BCUT2D eigenvalue weighted by Gasteiger charge is -2.27. The van der Waals surface area contributed by atoms with Crippen molar-refractivity contribution in [3.05, 3.63) is 47.1 Å². The zero-order chi connectivity index (χ0) is 13.2. The highest BCUT2D eigenvalue weighted by atomic mass is 35.5. The zero-order valence-electron chi connectivity index (χ0n) is 9.94. The minimum absolute atomic E-state index is 0.0628. The van der Waals surface area contributed by atoms with Crippen LogP contribution in [0.4, 0.5) is 10.2 Å². The number of hydrogen-bond acceptors (Lipinski definition) is 4. The minimum atomic E-state index is -0.284. The van der Waals surface area contributed by atoms with E-state index in [1.165, 1.54) is 18.3 Å². The average Bonchev–Trinajstić information content (AvgIpc) is 2.39. The van der Waals surface area contributed by atoms with Crippen molar-refractivity contribution in [2.75, 3.05) is 11.9 Å². The lowest BCUT2D eigenvalue weighted by molar-refractivity contribution is 0.273. The van der Waals surface area contributed by atoms with Crippen LogP contribution in [0.2, 0.25) is 5.15 Å². The number of rotatable bonds is 2. The number of anilines is 1. The quantitative estimate of drug-likeness (QED) is 0.917. The van der Waals surface area contributed by atoms with Crippen molar-refractivity contribution in [3.63, 3.8) is 0 Å². The van der Waals surface area contributed by atoms with Gasteiger partial charge in [0.25, 0.3) is 0 Å². The maximum atomic E-state index is 13.3. The summed E-state index contributed by atoms with van der Waals surface area (Å²) in [7, 11) is 0. The van der Waals surface area contributed by atoms with Crippen LogP contribution in [0.3, 0.4) is 0 Å². The molecule has 1 aromatic carbocycles. The zero-order valence-corrected chi connectivity index (χ0v) is 10.7. The summed E-state index contributed by atoms with van der Waals surface area (Å²) in [6.45, 7) is 0.574. The molecule has 1 aromatic heterocycles. The molecule has 1 atom stereocenters. The highest BCUT2D eigenvalue weighted by Crippen LogP contribution is 2.34. The van der Waals surface area contributed by atoms with Crippen LogP contribution in [0.15, 0.2) is 30.6 Å². The molecule has 19 heavy (non-hydrogen) atoms. The minimum Gasteiger partial charge on any atom is -0.493 e. The summed E-state index contributed by atoms with van der Waals surface area (Å²) in [4.78, 5) is 8.08. The van der Waals surface area contributed by atoms with Gasteiger partial charge in [0.15, 0.2) is 0 Å². The van der Waals surface area contributed by atoms with Gasteiger partial charge in [-0.25, -0.2) is 9.37 Å². The molecule has 0 aliphatic carbocycles. The van der Waals surface area contributed by atoms with Crippen LogP contribution < -0.4 is 10.1 Å². The van der Waals surface area contributed by atoms with Crippen molar-refractivity contribution in [3.8, 4) is 5.75 Å². The standard InChI is InChI=1S/C13H11ClFN3O/c14-12-6-16-7-13(18-12)17-10-3-4-19-11-2-1-8(15)5-9(10)11/h1-2,5-7,10H,3-4H2,(H,17,18). The van der Waals surface area contributed by atoms with Crippen LogP contribution in [0.1, 0.15) is 18.0 Å². The van der Waals surface area contributed by atoms with E-state index < -0.39 is 0 Å². The maximum absolute atomic E-state index is 13.3. The number of hydrogen-bond donors (Lipinski definition) is 1. The van der Waals surface area contributed by atoms with Crippen LogP contribution in [0.25, 0.3) is 0 Å². The highest BCUT2D eigenvalue weighted by Gasteiger charge is 2.22. The fraction of sp³-hybridized carbons (Fsp3) is 0.231. The molecular weight excluding hydrogens is 269 g/mol. The number of aromatic nitrogens is 2. The second kappa shape index (κ2) is 5.01. The molecule has 0 spiro atoms. The number of fused-ring (bicyclic) bond motifs is 1. The summed E-state index contributed by atoms with van der Waals surface area (Å²) < 4.78 is 18.8.